The number of para-hydroxylation sites is 1. The molecule has 0 bridgehead atoms. The van der Waals surface area contributed by atoms with Crippen molar-refractivity contribution in [3.63, 3.8) is 0 Å². The molecule has 1 aromatic heterocycles. The van der Waals surface area contributed by atoms with E-state index in [1.165, 1.54) is 12.8 Å². The molecule has 2 aromatic rings. The van der Waals surface area contributed by atoms with Gasteiger partial charge in [-0.2, -0.15) is 0 Å². The molecular weight excluding hydrogens is 276 g/mol. The van der Waals surface area contributed by atoms with Crippen molar-refractivity contribution in [2.75, 3.05) is 20.6 Å². The number of carbonyl (C=O) groups excluding carboxylic acids is 1. The highest BCUT2D eigenvalue weighted by Gasteiger charge is 2.37. The molecule has 0 spiro atoms. The van der Waals surface area contributed by atoms with Gasteiger partial charge >= 0.3 is 5.97 Å². The summed E-state index contributed by atoms with van der Waals surface area (Å²) in [6, 6.07) is 8.20. The number of benzene rings is 1. The number of hydrogen-bond donors (Lipinski definition) is 1. The van der Waals surface area contributed by atoms with Crippen LogP contribution in [0.25, 0.3) is 10.9 Å². The van der Waals surface area contributed by atoms with Crippen molar-refractivity contribution in [1.29, 1.82) is 0 Å². The Labute approximate surface area is 131 Å². The molecular formula is C18H25N2O2+. The number of aromatic nitrogens is 1. The molecule has 1 fully saturated rings. The lowest BCUT2D eigenvalue weighted by Gasteiger charge is -2.43. The molecule has 0 saturated carbocycles. The van der Waals surface area contributed by atoms with E-state index in [0.717, 1.165) is 28.4 Å². The molecule has 22 heavy (non-hydrogen) atoms. The molecule has 1 aromatic carbocycles. The van der Waals surface area contributed by atoms with E-state index in [-0.39, 0.29) is 12.1 Å². The lowest BCUT2D eigenvalue weighted by molar-refractivity contribution is -0.923. The highest BCUT2D eigenvalue weighted by Crippen LogP contribution is 2.27. The minimum Gasteiger partial charge on any atom is -0.453 e. The summed E-state index contributed by atoms with van der Waals surface area (Å²) in [5.41, 5.74) is 1.60. The number of nitrogens with one attached hydrogen (secondary N) is 1. The zero-order valence-electron chi connectivity index (χ0n) is 13.6. The van der Waals surface area contributed by atoms with E-state index >= 15 is 0 Å². The summed E-state index contributed by atoms with van der Waals surface area (Å²) >= 11 is 0. The van der Waals surface area contributed by atoms with Crippen LogP contribution in [0.5, 0.6) is 0 Å². The number of quaternary nitrogens is 1. The van der Waals surface area contributed by atoms with Gasteiger partial charge in [-0.05, 0) is 25.8 Å². The number of ether oxygens (including phenoxy) is 1. The number of esters is 1. The third kappa shape index (κ3) is 2.75. The smallest absolute Gasteiger partial charge is 0.340 e. The first-order valence-corrected chi connectivity index (χ1v) is 8.09. The van der Waals surface area contributed by atoms with Crippen LogP contribution in [0.1, 0.15) is 36.5 Å². The molecule has 1 aliphatic rings. The fourth-order valence-corrected chi connectivity index (χ4v) is 3.74. The van der Waals surface area contributed by atoms with Crippen molar-refractivity contribution in [1.82, 2.24) is 4.98 Å². The van der Waals surface area contributed by atoms with Crippen LogP contribution in [0.15, 0.2) is 30.5 Å². The first kappa shape index (κ1) is 15.1. The summed E-state index contributed by atoms with van der Waals surface area (Å²) in [7, 11) is 4.47. The van der Waals surface area contributed by atoms with Gasteiger partial charge < -0.3 is 14.2 Å². The van der Waals surface area contributed by atoms with Crippen molar-refractivity contribution in [3.05, 3.63) is 36.0 Å². The van der Waals surface area contributed by atoms with Gasteiger partial charge in [0, 0.05) is 23.5 Å². The number of carbonyl (C=O) groups is 1. The maximum absolute atomic E-state index is 12.5. The molecule has 0 aliphatic carbocycles. The number of nitrogens with zero attached hydrogens (tertiary/aromatic N) is 1. The zero-order chi connectivity index (χ0) is 15.7. The fraction of sp³-hybridized carbons (Fsp3) is 0.500. The molecule has 1 N–H and O–H groups in total. The average molecular weight is 301 g/mol. The monoisotopic (exact) mass is 301 g/mol. The summed E-state index contributed by atoms with van der Waals surface area (Å²) in [6.45, 7) is 3.18. The first-order valence-electron chi connectivity index (χ1n) is 8.09. The second-order valence-corrected chi connectivity index (χ2v) is 6.92. The van der Waals surface area contributed by atoms with Crippen molar-refractivity contribution in [3.8, 4) is 0 Å². The first-order chi connectivity index (χ1) is 10.5. The van der Waals surface area contributed by atoms with Gasteiger partial charge in [0.05, 0.1) is 26.2 Å². The molecule has 1 aliphatic heterocycles. The quantitative estimate of drug-likeness (QED) is 0.698. The van der Waals surface area contributed by atoms with Crippen molar-refractivity contribution in [2.45, 2.75) is 38.3 Å². The van der Waals surface area contributed by atoms with Gasteiger partial charge in [-0.3, -0.25) is 0 Å². The lowest BCUT2D eigenvalue weighted by Crippen LogP contribution is -2.57. The number of fused-ring (bicyclic) bond motifs is 1. The van der Waals surface area contributed by atoms with Gasteiger partial charge in [0.25, 0.3) is 0 Å². The van der Waals surface area contributed by atoms with E-state index in [9.17, 15) is 4.79 Å². The summed E-state index contributed by atoms with van der Waals surface area (Å²) in [5.74, 6) is -0.226. The fourth-order valence-electron chi connectivity index (χ4n) is 3.74. The number of likely N-dealkylation sites (N-methyl/N-ethyl adjacent to an activating group) is 1. The van der Waals surface area contributed by atoms with Gasteiger partial charge in [0.2, 0.25) is 0 Å². The normalized spacial score (nSPS) is 22.4. The molecule has 4 nitrogen and oxygen atoms in total. The minimum absolute atomic E-state index is 0.0727. The van der Waals surface area contributed by atoms with Crippen LogP contribution in [0, 0.1) is 0 Å². The molecule has 118 valence electrons. The van der Waals surface area contributed by atoms with Crippen LogP contribution >= 0.6 is 0 Å². The Morgan fingerprint density at radius 3 is 2.86 bits per heavy atom. The summed E-state index contributed by atoms with van der Waals surface area (Å²) < 4.78 is 6.74. The Kier molecular flexibility index (Phi) is 3.96. The Morgan fingerprint density at radius 1 is 1.32 bits per heavy atom. The van der Waals surface area contributed by atoms with Gasteiger partial charge in [-0.25, -0.2) is 4.79 Å². The summed E-state index contributed by atoms with van der Waals surface area (Å²) in [5, 5.41) is 0.928. The van der Waals surface area contributed by atoms with Gasteiger partial charge in [-0.15, -0.1) is 0 Å². The number of likely N-dealkylation sites (tertiary alicyclic amines) is 1. The van der Waals surface area contributed by atoms with Gasteiger partial charge in [0.1, 0.15) is 6.04 Å². The van der Waals surface area contributed by atoms with Crippen molar-refractivity contribution >= 4 is 16.9 Å². The average Bonchev–Trinajstić information content (AvgIpc) is 2.90. The third-order valence-electron chi connectivity index (χ3n) is 5.03. The van der Waals surface area contributed by atoms with Crippen LogP contribution in [-0.4, -0.2) is 48.2 Å². The molecule has 4 heteroatoms. The zero-order valence-corrected chi connectivity index (χ0v) is 13.6. The van der Waals surface area contributed by atoms with Crippen molar-refractivity contribution in [2.24, 2.45) is 0 Å². The lowest BCUT2D eigenvalue weighted by atomic mass is 9.96. The Morgan fingerprint density at radius 2 is 2.09 bits per heavy atom. The number of H-pyrrole nitrogens is 1. The molecule has 0 amide bonds. The number of piperidine rings is 1. The van der Waals surface area contributed by atoms with E-state index in [0.29, 0.717) is 11.6 Å². The van der Waals surface area contributed by atoms with Gasteiger partial charge in [-0.1, -0.05) is 18.2 Å². The van der Waals surface area contributed by atoms with E-state index in [2.05, 4.69) is 19.1 Å². The topological polar surface area (TPSA) is 42.1 Å². The predicted octanol–water partition coefficient (Wildman–Crippen LogP) is 3.34. The Balaban J connectivity index is 1.76. The van der Waals surface area contributed by atoms with Crippen LogP contribution in [-0.2, 0) is 4.74 Å². The Hall–Kier alpha value is -1.81. The van der Waals surface area contributed by atoms with Crippen LogP contribution < -0.4 is 0 Å². The van der Waals surface area contributed by atoms with Gasteiger partial charge in [0.15, 0.2) is 6.10 Å². The number of aromatic amines is 1. The predicted molar refractivity (Wildman–Crippen MR) is 87.8 cm³/mol. The van der Waals surface area contributed by atoms with Crippen LogP contribution in [0.2, 0.25) is 0 Å². The molecule has 2 heterocycles. The molecule has 3 rings (SSSR count). The van der Waals surface area contributed by atoms with Crippen LogP contribution in [0.3, 0.4) is 0 Å². The summed E-state index contributed by atoms with van der Waals surface area (Å²) in [4.78, 5) is 15.7. The van der Waals surface area contributed by atoms with E-state index < -0.39 is 0 Å². The number of rotatable bonds is 3. The maximum atomic E-state index is 12.5. The standard InChI is InChI=1S/C18H24N2O2/c1-13(17-10-6-7-11-20(17,2)3)22-18(21)15-12-19-16-9-5-4-8-14(15)16/h4-5,8-9,12-13,17H,6-7,10-11H2,1-3H3/p+1. The SMILES string of the molecule is CC(OC(=O)c1c[nH]c2ccccc12)C1CCCC[N+]1(C)C. The highest BCUT2D eigenvalue weighted by molar-refractivity contribution is 6.04. The molecule has 2 atom stereocenters. The molecule has 1 saturated heterocycles. The number of hydrogen-bond acceptors (Lipinski definition) is 2. The second-order valence-electron chi connectivity index (χ2n) is 6.92. The molecule has 2 unspecified atom stereocenters. The van der Waals surface area contributed by atoms with E-state index in [4.69, 9.17) is 4.74 Å². The molecule has 0 radical (unpaired) electrons. The minimum atomic E-state index is -0.226. The second kappa shape index (κ2) is 5.76. The summed E-state index contributed by atoms with van der Waals surface area (Å²) in [6.07, 6.45) is 5.28. The Bertz CT molecular complexity index is 675. The van der Waals surface area contributed by atoms with E-state index in [1.54, 1.807) is 6.20 Å². The highest BCUT2D eigenvalue weighted by atomic mass is 16.5. The van der Waals surface area contributed by atoms with Crippen molar-refractivity contribution < 1.29 is 14.0 Å². The maximum Gasteiger partial charge on any atom is 0.340 e. The third-order valence-corrected chi connectivity index (χ3v) is 5.03. The van der Waals surface area contributed by atoms with Crippen LogP contribution in [0.4, 0.5) is 0 Å². The van der Waals surface area contributed by atoms with E-state index in [1.807, 2.05) is 31.2 Å². The largest absolute Gasteiger partial charge is 0.453 e.